The Bertz CT molecular complexity index is 932. The number of benzene rings is 2. The summed E-state index contributed by atoms with van der Waals surface area (Å²) in [6, 6.07) is 17.7. The van der Waals surface area contributed by atoms with Crippen molar-refractivity contribution in [2.75, 3.05) is 13.7 Å². The highest BCUT2D eigenvalue weighted by Gasteiger charge is 2.20. The smallest absolute Gasteiger partial charge is 0.339 e. The molecule has 0 unspecified atom stereocenters. The number of para-hydroxylation sites is 1. The molecular formula is C21H20BrNO3. The monoisotopic (exact) mass is 413 g/mol. The van der Waals surface area contributed by atoms with Crippen molar-refractivity contribution in [3.63, 3.8) is 0 Å². The van der Waals surface area contributed by atoms with Crippen molar-refractivity contribution in [1.82, 2.24) is 4.57 Å². The molecule has 5 heteroatoms. The molecule has 26 heavy (non-hydrogen) atoms. The van der Waals surface area contributed by atoms with Gasteiger partial charge in [0.25, 0.3) is 0 Å². The van der Waals surface area contributed by atoms with Gasteiger partial charge < -0.3 is 14.0 Å². The number of rotatable bonds is 5. The van der Waals surface area contributed by atoms with Crippen LogP contribution in [0.15, 0.2) is 59.1 Å². The number of hydrogen-bond acceptors (Lipinski definition) is 3. The summed E-state index contributed by atoms with van der Waals surface area (Å²) in [5, 5.41) is 0. The summed E-state index contributed by atoms with van der Waals surface area (Å²) in [6.45, 7) is 4.09. The molecule has 0 amide bonds. The van der Waals surface area contributed by atoms with Gasteiger partial charge in [0.05, 0.1) is 29.4 Å². The second-order valence-electron chi connectivity index (χ2n) is 5.77. The molecule has 3 rings (SSSR count). The zero-order valence-electron chi connectivity index (χ0n) is 15.0. The van der Waals surface area contributed by atoms with E-state index in [-0.39, 0.29) is 5.97 Å². The fraction of sp³-hybridized carbons (Fsp3) is 0.190. The maximum atomic E-state index is 12.4. The first-order valence-corrected chi connectivity index (χ1v) is 9.15. The Morgan fingerprint density at radius 3 is 2.46 bits per heavy atom. The molecule has 0 saturated carbocycles. The van der Waals surface area contributed by atoms with Gasteiger partial charge in [0.15, 0.2) is 0 Å². The van der Waals surface area contributed by atoms with Crippen molar-refractivity contribution in [3.05, 3.63) is 70.3 Å². The molecule has 4 nitrogen and oxygen atoms in total. The summed E-state index contributed by atoms with van der Waals surface area (Å²) in [5.74, 6) is 0.447. The van der Waals surface area contributed by atoms with E-state index in [9.17, 15) is 4.79 Å². The van der Waals surface area contributed by atoms with Gasteiger partial charge in [0, 0.05) is 11.4 Å². The molecule has 0 aliphatic rings. The highest BCUT2D eigenvalue weighted by Crippen LogP contribution is 2.34. The number of nitrogens with zero attached hydrogens (tertiary/aromatic N) is 1. The minimum atomic E-state index is -0.312. The molecule has 0 fully saturated rings. The summed E-state index contributed by atoms with van der Waals surface area (Å²) in [6.07, 6.45) is 0. The van der Waals surface area contributed by atoms with Gasteiger partial charge in [-0.05, 0) is 71.7 Å². The first-order valence-electron chi connectivity index (χ1n) is 8.35. The maximum Gasteiger partial charge on any atom is 0.339 e. The first kappa shape index (κ1) is 18.3. The number of ether oxygens (including phenoxy) is 2. The number of halogens is 1. The Labute approximate surface area is 161 Å². The lowest BCUT2D eigenvalue weighted by Gasteiger charge is -2.13. The molecule has 0 aliphatic heterocycles. The Hall–Kier alpha value is -2.53. The van der Waals surface area contributed by atoms with E-state index in [0.29, 0.717) is 12.2 Å². The van der Waals surface area contributed by atoms with Gasteiger partial charge >= 0.3 is 5.97 Å². The average molecular weight is 414 g/mol. The third-order valence-electron chi connectivity index (χ3n) is 4.20. The number of carbonyl (C=O) groups is 1. The Balaban J connectivity index is 2.22. The lowest BCUT2D eigenvalue weighted by Crippen LogP contribution is -2.06. The molecular weight excluding hydrogens is 394 g/mol. The van der Waals surface area contributed by atoms with Gasteiger partial charge in [-0.25, -0.2) is 4.79 Å². The summed E-state index contributed by atoms with van der Waals surface area (Å²) >= 11 is 3.54. The van der Waals surface area contributed by atoms with Gasteiger partial charge in [0.2, 0.25) is 0 Å². The van der Waals surface area contributed by atoms with E-state index in [1.165, 1.54) is 0 Å². The number of hydrogen-bond donors (Lipinski definition) is 0. The zero-order chi connectivity index (χ0) is 18.7. The quantitative estimate of drug-likeness (QED) is 0.525. The summed E-state index contributed by atoms with van der Waals surface area (Å²) in [4.78, 5) is 12.4. The molecule has 1 aromatic heterocycles. The van der Waals surface area contributed by atoms with Gasteiger partial charge in [-0.1, -0.05) is 18.2 Å². The fourth-order valence-electron chi connectivity index (χ4n) is 2.97. The fourth-order valence-corrected chi connectivity index (χ4v) is 3.51. The van der Waals surface area contributed by atoms with Crippen LogP contribution in [0.4, 0.5) is 0 Å². The first-order chi connectivity index (χ1) is 12.6. The molecule has 1 heterocycles. The SMILES string of the molecule is CCOC(=O)c1cc(-c2ccc(OC)c(Br)c2)n(-c2ccccc2)c1C. The van der Waals surface area contributed by atoms with E-state index in [4.69, 9.17) is 9.47 Å². The lowest BCUT2D eigenvalue weighted by molar-refractivity contribution is 0.0525. The maximum absolute atomic E-state index is 12.4. The molecule has 0 N–H and O–H groups in total. The highest BCUT2D eigenvalue weighted by atomic mass is 79.9. The molecule has 0 atom stereocenters. The second-order valence-corrected chi connectivity index (χ2v) is 6.62. The van der Waals surface area contributed by atoms with Crippen LogP contribution in [0.2, 0.25) is 0 Å². The normalized spacial score (nSPS) is 10.6. The molecule has 0 spiro atoms. The van der Waals surface area contributed by atoms with Crippen LogP contribution in [0.3, 0.4) is 0 Å². The summed E-state index contributed by atoms with van der Waals surface area (Å²) in [5.41, 5.74) is 4.29. The molecule has 0 saturated heterocycles. The largest absolute Gasteiger partial charge is 0.496 e. The number of esters is 1. The van der Waals surface area contributed by atoms with Crippen LogP contribution in [-0.4, -0.2) is 24.3 Å². The molecule has 0 aliphatic carbocycles. The highest BCUT2D eigenvalue weighted by molar-refractivity contribution is 9.10. The number of aromatic nitrogens is 1. The predicted molar refractivity (Wildman–Crippen MR) is 106 cm³/mol. The van der Waals surface area contributed by atoms with Crippen LogP contribution in [0.1, 0.15) is 23.0 Å². The standard InChI is InChI=1S/C21H20BrNO3/c1-4-26-21(24)17-13-19(15-10-11-20(25-3)18(22)12-15)23(14(17)2)16-8-6-5-7-9-16/h5-13H,4H2,1-3H3. The second kappa shape index (κ2) is 7.79. The van der Waals surface area contributed by atoms with Crippen molar-refractivity contribution >= 4 is 21.9 Å². The van der Waals surface area contributed by atoms with Crippen LogP contribution in [0.25, 0.3) is 16.9 Å². The van der Waals surface area contributed by atoms with Crippen molar-refractivity contribution < 1.29 is 14.3 Å². The molecule has 0 bridgehead atoms. The Morgan fingerprint density at radius 1 is 1.12 bits per heavy atom. The predicted octanol–water partition coefficient (Wildman–Crippen LogP) is 5.40. The van der Waals surface area contributed by atoms with Gasteiger partial charge in [-0.15, -0.1) is 0 Å². The van der Waals surface area contributed by atoms with Gasteiger partial charge in [0.1, 0.15) is 5.75 Å². The molecule has 3 aromatic rings. The number of carbonyl (C=O) groups excluding carboxylic acids is 1. The van der Waals surface area contributed by atoms with E-state index in [2.05, 4.69) is 20.5 Å². The zero-order valence-corrected chi connectivity index (χ0v) is 16.5. The van der Waals surface area contributed by atoms with Crippen molar-refractivity contribution in [3.8, 4) is 22.7 Å². The van der Waals surface area contributed by atoms with Crippen LogP contribution >= 0.6 is 15.9 Å². The number of methoxy groups -OCH3 is 1. The van der Waals surface area contributed by atoms with Gasteiger partial charge in [-0.3, -0.25) is 0 Å². The van der Waals surface area contributed by atoms with Crippen molar-refractivity contribution in [2.24, 2.45) is 0 Å². The van der Waals surface area contributed by atoms with Crippen LogP contribution in [-0.2, 0) is 4.74 Å². The van der Waals surface area contributed by atoms with E-state index >= 15 is 0 Å². The van der Waals surface area contributed by atoms with Crippen LogP contribution < -0.4 is 4.74 Å². The van der Waals surface area contributed by atoms with Crippen molar-refractivity contribution in [1.29, 1.82) is 0 Å². The van der Waals surface area contributed by atoms with E-state index in [1.54, 1.807) is 7.11 Å². The molecule has 0 radical (unpaired) electrons. The van der Waals surface area contributed by atoms with Gasteiger partial charge in [-0.2, -0.15) is 0 Å². The third kappa shape index (κ3) is 3.40. The Morgan fingerprint density at radius 2 is 1.85 bits per heavy atom. The average Bonchev–Trinajstić information content (AvgIpc) is 3.00. The van der Waals surface area contributed by atoms with E-state index < -0.39 is 0 Å². The topological polar surface area (TPSA) is 40.5 Å². The van der Waals surface area contributed by atoms with Crippen LogP contribution in [0, 0.1) is 6.92 Å². The minimum Gasteiger partial charge on any atom is -0.496 e. The minimum absolute atomic E-state index is 0.312. The summed E-state index contributed by atoms with van der Waals surface area (Å²) < 4.78 is 13.5. The molecule has 134 valence electrons. The molecule has 2 aromatic carbocycles. The van der Waals surface area contributed by atoms with E-state index in [0.717, 1.165) is 32.9 Å². The Kier molecular flexibility index (Phi) is 5.47. The third-order valence-corrected chi connectivity index (χ3v) is 4.82. The van der Waals surface area contributed by atoms with Crippen molar-refractivity contribution in [2.45, 2.75) is 13.8 Å². The summed E-state index contributed by atoms with van der Waals surface area (Å²) in [7, 11) is 1.63. The van der Waals surface area contributed by atoms with Crippen LogP contribution in [0.5, 0.6) is 5.75 Å². The lowest BCUT2D eigenvalue weighted by atomic mass is 10.1. The van der Waals surface area contributed by atoms with E-state index in [1.807, 2.05) is 68.4 Å².